The van der Waals surface area contributed by atoms with Crippen LogP contribution < -0.4 is 5.32 Å². The smallest absolute Gasteiger partial charge is 0.289 e. The number of hydrogen-bond donors (Lipinski definition) is 1. The molecule has 9 heteroatoms. The van der Waals surface area contributed by atoms with Gasteiger partial charge in [0.2, 0.25) is 0 Å². The predicted octanol–water partition coefficient (Wildman–Crippen LogP) is 2.98. The van der Waals surface area contributed by atoms with Crippen LogP contribution in [0.15, 0.2) is 52.9 Å². The molecule has 3 aromatic rings. The Morgan fingerprint density at radius 2 is 1.67 bits per heavy atom. The zero-order chi connectivity index (χ0) is 21.3. The molecule has 1 saturated heterocycles. The third-order valence-electron chi connectivity index (χ3n) is 5.20. The Balaban J connectivity index is 1.46. The summed E-state index contributed by atoms with van der Waals surface area (Å²) in [6.45, 7) is 1.37. The summed E-state index contributed by atoms with van der Waals surface area (Å²) in [5.74, 6) is -0.254. The zero-order valence-electron chi connectivity index (χ0n) is 16.3. The summed E-state index contributed by atoms with van der Waals surface area (Å²) in [6.07, 6.45) is 0. The Morgan fingerprint density at radius 1 is 1.00 bits per heavy atom. The lowest BCUT2D eigenvalue weighted by Crippen LogP contribution is -2.50. The molecular weight excluding hydrogens is 388 g/mol. The molecule has 0 saturated carbocycles. The van der Waals surface area contributed by atoms with Gasteiger partial charge in [0.1, 0.15) is 5.58 Å². The second-order valence-electron chi connectivity index (χ2n) is 6.97. The number of furan rings is 1. The molecule has 154 valence electrons. The monoisotopic (exact) mass is 408 g/mol. The average molecular weight is 408 g/mol. The maximum atomic E-state index is 13.0. The average Bonchev–Trinajstić information content (AvgIpc) is 3.22. The number of nitro groups is 1. The van der Waals surface area contributed by atoms with E-state index in [4.69, 9.17) is 4.42 Å². The molecule has 1 aliphatic heterocycles. The highest BCUT2D eigenvalue weighted by atomic mass is 16.6. The highest BCUT2D eigenvalue weighted by Crippen LogP contribution is 2.25. The Morgan fingerprint density at radius 3 is 2.30 bits per heavy atom. The van der Waals surface area contributed by atoms with E-state index in [1.165, 1.54) is 18.2 Å². The van der Waals surface area contributed by atoms with Gasteiger partial charge in [0, 0.05) is 56.4 Å². The van der Waals surface area contributed by atoms with Crippen molar-refractivity contribution in [1.29, 1.82) is 0 Å². The topological polar surface area (TPSA) is 109 Å². The molecule has 0 atom stereocenters. The second-order valence-corrected chi connectivity index (χ2v) is 6.97. The fraction of sp³-hybridized carbons (Fsp3) is 0.238. The fourth-order valence-corrected chi connectivity index (χ4v) is 3.57. The van der Waals surface area contributed by atoms with Gasteiger partial charge in [-0.25, -0.2) is 0 Å². The van der Waals surface area contributed by atoms with Crippen LogP contribution in [0.2, 0.25) is 0 Å². The van der Waals surface area contributed by atoms with Gasteiger partial charge in [-0.3, -0.25) is 19.7 Å². The van der Waals surface area contributed by atoms with Gasteiger partial charge in [-0.15, -0.1) is 0 Å². The van der Waals surface area contributed by atoms with E-state index in [-0.39, 0.29) is 28.8 Å². The van der Waals surface area contributed by atoms with E-state index in [1.807, 2.05) is 18.2 Å². The van der Waals surface area contributed by atoms with Crippen LogP contribution in [-0.2, 0) is 0 Å². The summed E-state index contributed by atoms with van der Waals surface area (Å²) >= 11 is 0. The summed E-state index contributed by atoms with van der Waals surface area (Å²) in [6, 6.07) is 13.3. The van der Waals surface area contributed by atoms with Crippen LogP contribution in [0.5, 0.6) is 0 Å². The molecule has 0 unspecified atom stereocenters. The molecule has 0 spiro atoms. The number of nitro benzene ring substituents is 1. The van der Waals surface area contributed by atoms with Gasteiger partial charge in [0.25, 0.3) is 17.5 Å². The number of carbonyl (C=O) groups excluding carboxylic acids is 2. The number of nitrogens with one attached hydrogen (secondary N) is 1. The SMILES string of the molecule is CNc1ccc([N+](=O)[O-])cc1C(=O)N1CCN(C(=O)c2cc3ccccc3o2)CC1. The van der Waals surface area contributed by atoms with E-state index in [0.29, 0.717) is 37.4 Å². The Labute approximate surface area is 172 Å². The van der Waals surface area contributed by atoms with Gasteiger partial charge in [-0.1, -0.05) is 18.2 Å². The molecule has 0 radical (unpaired) electrons. The molecular formula is C21H20N4O5. The van der Waals surface area contributed by atoms with Crippen molar-refractivity contribution in [3.8, 4) is 0 Å². The minimum atomic E-state index is -0.528. The van der Waals surface area contributed by atoms with Gasteiger partial charge in [0.15, 0.2) is 5.76 Å². The predicted molar refractivity (Wildman–Crippen MR) is 111 cm³/mol. The first-order chi connectivity index (χ1) is 14.5. The summed E-state index contributed by atoms with van der Waals surface area (Å²) < 4.78 is 5.65. The number of hydrogen-bond acceptors (Lipinski definition) is 6. The van der Waals surface area contributed by atoms with Gasteiger partial charge >= 0.3 is 0 Å². The molecule has 30 heavy (non-hydrogen) atoms. The summed E-state index contributed by atoms with van der Waals surface area (Å²) in [4.78, 5) is 39.5. The van der Waals surface area contributed by atoms with E-state index in [9.17, 15) is 19.7 Å². The number of carbonyl (C=O) groups is 2. The van der Waals surface area contributed by atoms with Crippen molar-refractivity contribution < 1.29 is 18.9 Å². The second kappa shape index (κ2) is 7.86. The number of piperazine rings is 1. The fourth-order valence-electron chi connectivity index (χ4n) is 3.57. The van der Waals surface area contributed by atoms with E-state index >= 15 is 0 Å². The maximum absolute atomic E-state index is 13.0. The van der Waals surface area contributed by atoms with Crippen molar-refractivity contribution in [2.75, 3.05) is 38.5 Å². The van der Waals surface area contributed by atoms with Gasteiger partial charge in [-0.05, 0) is 18.2 Å². The van der Waals surface area contributed by atoms with Crippen LogP contribution >= 0.6 is 0 Å². The Hall–Kier alpha value is -3.88. The Bertz CT molecular complexity index is 1100. The summed E-state index contributed by atoms with van der Waals surface area (Å²) in [5, 5.41) is 14.8. The quantitative estimate of drug-likeness (QED) is 0.525. The molecule has 2 heterocycles. The van der Waals surface area contributed by atoms with E-state index in [2.05, 4.69) is 5.32 Å². The van der Waals surface area contributed by atoms with Gasteiger partial charge in [0.05, 0.1) is 10.5 Å². The van der Waals surface area contributed by atoms with Crippen molar-refractivity contribution in [3.05, 3.63) is 70.0 Å². The molecule has 0 aliphatic carbocycles. The number of fused-ring (bicyclic) bond motifs is 1. The van der Waals surface area contributed by atoms with Crippen LogP contribution in [0.25, 0.3) is 11.0 Å². The van der Waals surface area contributed by atoms with Crippen LogP contribution in [0.3, 0.4) is 0 Å². The van der Waals surface area contributed by atoms with Crippen molar-refractivity contribution >= 4 is 34.2 Å². The van der Waals surface area contributed by atoms with Crippen LogP contribution in [-0.4, -0.2) is 59.8 Å². The first-order valence-corrected chi connectivity index (χ1v) is 9.51. The van der Waals surface area contributed by atoms with Gasteiger partial charge in [-0.2, -0.15) is 0 Å². The van der Waals surface area contributed by atoms with Crippen molar-refractivity contribution in [3.63, 3.8) is 0 Å². The first kappa shape index (κ1) is 19.4. The van der Waals surface area contributed by atoms with Crippen molar-refractivity contribution in [2.45, 2.75) is 0 Å². The normalized spacial score (nSPS) is 14.0. The first-order valence-electron chi connectivity index (χ1n) is 9.51. The highest BCUT2D eigenvalue weighted by molar-refractivity contribution is 6.01. The summed E-state index contributed by atoms with van der Waals surface area (Å²) in [7, 11) is 1.65. The van der Waals surface area contributed by atoms with E-state index in [1.54, 1.807) is 29.0 Å². The standard InChI is InChI=1S/C21H20N4O5/c1-22-17-7-6-15(25(28)29)13-16(17)20(26)23-8-10-24(11-9-23)21(27)19-12-14-4-2-3-5-18(14)30-19/h2-7,12-13,22H,8-11H2,1H3. The molecule has 1 aliphatic rings. The minimum absolute atomic E-state index is 0.143. The molecule has 1 aromatic heterocycles. The molecule has 2 aromatic carbocycles. The number of rotatable bonds is 4. The van der Waals surface area contributed by atoms with Crippen LogP contribution in [0, 0.1) is 10.1 Å². The summed E-state index contributed by atoms with van der Waals surface area (Å²) in [5.41, 5.74) is 1.27. The molecule has 1 fully saturated rings. The molecule has 9 nitrogen and oxygen atoms in total. The van der Waals surface area contributed by atoms with Crippen molar-refractivity contribution in [2.24, 2.45) is 0 Å². The third-order valence-corrected chi connectivity index (χ3v) is 5.20. The number of anilines is 1. The Kier molecular flexibility index (Phi) is 5.09. The number of non-ortho nitro benzene ring substituents is 1. The van der Waals surface area contributed by atoms with Crippen LogP contribution in [0.1, 0.15) is 20.9 Å². The van der Waals surface area contributed by atoms with Gasteiger partial charge < -0.3 is 19.5 Å². The maximum Gasteiger partial charge on any atom is 0.289 e. The number of amides is 2. The third kappa shape index (κ3) is 3.57. The minimum Gasteiger partial charge on any atom is -0.451 e. The lowest BCUT2D eigenvalue weighted by molar-refractivity contribution is -0.384. The zero-order valence-corrected chi connectivity index (χ0v) is 16.3. The number of para-hydroxylation sites is 1. The van der Waals surface area contributed by atoms with E-state index < -0.39 is 4.92 Å². The lowest BCUT2D eigenvalue weighted by atomic mass is 10.1. The van der Waals surface area contributed by atoms with Crippen LogP contribution in [0.4, 0.5) is 11.4 Å². The number of benzene rings is 2. The van der Waals surface area contributed by atoms with E-state index in [0.717, 1.165) is 5.39 Å². The largest absolute Gasteiger partial charge is 0.451 e. The molecule has 0 bridgehead atoms. The molecule has 2 amide bonds. The van der Waals surface area contributed by atoms with Crippen molar-refractivity contribution in [1.82, 2.24) is 9.80 Å². The number of nitrogens with zero attached hydrogens (tertiary/aromatic N) is 3. The lowest BCUT2D eigenvalue weighted by Gasteiger charge is -2.34. The highest BCUT2D eigenvalue weighted by Gasteiger charge is 2.28. The molecule has 1 N–H and O–H groups in total. The molecule has 4 rings (SSSR count).